The summed E-state index contributed by atoms with van der Waals surface area (Å²) in [6.45, 7) is 0.361. The molecule has 0 atom stereocenters. The van der Waals surface area contributed by atoms with Gasteiger partial charge in [0.25, 0.3) is 0 Å². The van der Waals surface area contributed by atoms with Gasteiger partial charge in [0.2, 0.25) is 0 Å². The van der Waals surface area contributed by atoms with E-state index >= 15 is 0 Å². The van der Waals surface area contributed by atoms with Crippen molar-refractivity contribution in [2.24, 2.45) is 0 Å². The Morgan fingerprint density at radius 1 is 1.00 bits per heavy atom. The van der Waals surface area contributed by atoms with Crippen LogP contribution in [0.3, 0.4) is 0 Å². The molecule has 0 aliphatic carbocycles. The van der Waals surface area contributed by atoms with Crippen LogP contribution in [-0.4, -0.2) is 12.4 Å². The fourth-order valence-corrected chi connectivity index (χ4v) is 2.77. The number of ketones is 1. The van der Waals surface area contributed by atoms with Crippen LogP contribution >= 0.6 is 34.8 Å². The SMILES string of the molecule is O=C(CCCOc1c(Cl)cc(Cl)cc1Cl)c1ccccc1. The fourth-order valence-electron chi connectivity index (χ4n) is 1.84. The van der Waals surface area contributed by atoms with Crippen molar-refractivity contribution in [1.29, 1.82) is 0 Å². The van der Waals surface area contributed by atoms with Crippen molar-refractivity contribution < 1.29 is 9.53 Å². The Morgan fingerprint density at radius 2 is 1.62 bits per heavy atom. The number of benzene rings is 2. The molecule has 2 rings (SSSR count). The summed E-state index contributed by atoms with van der Waals surface area (Å²) < 4.78 is 5.53. The van der Waals surface area contributed by atoms with E-state index in [4.69, 9.17) is 39.5 Å². The Labute approximate surface area is 138 Å². The van der Waals surface area contributed by atoms with E-state index in [2.05, 4.69) is 0 Å². The van der Waals surface area contributed by atoms with Gasteiger partial charge in [-0.15, -0.1) is 0 Å². The van der Waals surface area contributed by atoms with E-state index in [1.54, 1.807) is 24.3 Å². The normalized spacial score (nSPS) is 10.4. The third kappa shape index (κ3) is 4.63. The van der Waals surface area contributed by atoms with Crippen molar-refractivity contribution in [2.45, 2.75) is 12.8 Å². The molecule has 0 bridgehead atoms. The number of halogens is 3. The Hall–Kier alpha value is -1.22. The van der Waals surface area contributed by atoms with Crippen molar-refractivity contribution >= 4 is 40.6 Å². The van der Waals surface area contributed by atoms with Crippen LogP contribution in [-0.2, 0) is 0 Å². The van der Waals surface area contributed by atoms with Crippen LogP contribution < -0.4 is 4.74 Å². The summed E-state index contributed by atoms with van der Waals surface area (Å²) in [5.41, 5.74) is 0.708. The average Bonchev–Trinajstić information content (AvgIpc) is 2.46. The molecule has 0 aromatic heterocycles. The summed E-state index contributed by atoms with van der Waals surface area (Å²) in [4.78, 5) is 11.9. The van der Waals surface area contributed by atoms with E-state index in [0.29, 0.717) is 45.8 Å². The second-order valence-corrected chi connectivity index (χ2v) is 5.69. The van der Waals surface area contributed by atoms with Crippen LogP contribution in [0.25, 0.3) is 0 Å². The minimum Gasteiger partial charge on any atom is -0.490 e. The molecule has 0 unspecified atom stereocenters. The lowest BCUT2D eigenvalue weighted by molar-refractivity contribution is 0.0973. The Kier molecular flexibility index (Phi) is 5.92. The summed E-state index contributed by atoms with van der Waals surface area (Å²) in [5.74, 6) is 0.488. The standard InChI is InChI=1S/C16H13Cl3O2/c17-12-9-13(18)16(14(19)10-12)21-8-4-7-15(20)11-5-2-1-3-6-11/h1-3,5-6,9-10H,4,7-8H2. The smallest absolute Gasteiger partial charge is 0.163 e. The summed E-state index contributed by atoms with van der Waals surface area (Å²) >= 11 is 17.8. The maximum atomic E-state index is 11.9. The molecule has 0 aliphatic heterocycles. The van der Waals surface area contributed by atoms with Gasteiger partial charge in [-0.05, 0) is 18.6 Å². The van der Waals surface area contributed by atoms with Gasteiger partial charge < -0.3 is 4.74 Å². The van der Waals surface area contributed by atoms with Gasteiger partial charge in [0.1, 0.15) is 0 Å². The molecule has 2 aromatic carbocycles. The molecule has 0 N–H and O–H groups in total. The maximum absolute atomic E-state index is 11.9. The predicted molar refractivity (Wildman–Crippen MR) is 87.0 cm³/mol. The summed E-state index contributed by atoms with van der Waals surface area (Å²) in [6.07, 6.45) is 0.996. The van der Waals surface area contributed by atoms with E-state index in [9.17, 15) is 4.79 Å². The molecule has 0 fully saturated rings. The van der Waals surface area contributed by atoms with Crippen molar-refractivity contribution in [3.8, 4) is 5.75 Å². The highest BCUT2D eigenvalue weighted by Crippen LogP contribution is 2.35. The second kappa shape index (κ2) is 7.69. The van der Waals surface area contributed by atoms with E-state index in [1.807, 2.05) is 18.2 Å². The van der Waals surface area contributed by atoms with Crippen molar-refractivity contribution in [3.63, 3.8) is 0 Å². The van der Waals surface area contributed by atoms with E-state index in [0.717, 1.165) is 0 Å². The van der Waals surface area contributed by atoms with Gasteiger partial charge in [0.05, 0.1) is 16.7 Å². The molecule has 0 saturated carbocycles. The predicted octanol–water partition coefficient (Wildman–Crippen LogP) is 5.69. The highest BCUT2D eigenvalue weighted by molar-refractivity contribution is 6.40. The molecule has 0 spiro atoms. The van der Waals surface area contributed by atoms with Crippen molar-refractivity contribution in [3.05, 3.63) is 63.1 Å². The third-order valence-corrected chi connectivity index (χ3v) is 3.63. The molecule has 2 aromatic rings. The number of ether oxygens (including phenoxy) is 1. The largest absolute Gasteiger partial charge is 0.490 e. The van der Waals surface area contributed by atoms with Crippen LogP contribution in [0.15, 0.2) is 42.5 Å². The van der Waals surface area contributed by atoms with Gasteiger partial charge in [-0.1, -0.05) is 65.1 Å². The fraction of sp³-hybridized carbons (Fsp3) is 0.188. The zero-order chi connectivity index (χ0) is 15.2. The number of rotatable bonds is 6. The van der Waals surface area contributed by atoms with E-state index in [-0.39, 0.29) is 5.78 Å². The number of hydrogen-bond donors (Lipinski definition) is 0. The maximum Gasteiger partial charge on any atom is 0.163 e. The van der Waals surface area contributed by atoms with Gasteiger partial charge >= 0.3 is 0 Å². The first-order chi connectivity index (χ1) is 10.1. The van der Waals surface area contributed by atoms with Crippen LogP contribution in [0.2, 0.25) is 15.1 Å². The second-order valence-electron chi connectivity index (χ2n) is 4.44. The van der Waals surface area contributed by atoms with Gasteiger partial charge in [-0.3, -0.25) is 4.79 Å². The molecule has 0 radical (unpaired) electrons. The lowest BCUT2D eigenvalue weighted by atomic mass is 10.1. The topological polar surface area (TPSA) is 26.3 Å². The average molecular weight is 344 g/mol. The zero-order valence-electron chi connectivity index (χ0n) is 11.1. The summed E-state index contributed by atoms with van der Waals surface area (Å²) in [6, 6.07) is 12.3. The minimum absolute atomic E-state index is 0.0903. The van der Waals surface area contributed by atoms with Crippen molar-refractivity contribution in [1.82, 2.24) is 0 Å². The molecule has 2 nitrogen and oxygen atoms in total. The van der Waals surface area contributed by atoms with E-state index < -0.39 is 0 Å². The molecule has 0 saturated heterocycles. The quantitative estimate of drug-likeness (QED) is 0.497. The number of carbonyl (C=O) groups excluding carboxylic acids is 1. The molecule has 110 valence electrons. The lowest BCUT2D eigenvalue weighted by Gasteiger charge is -2.10. The van der Waals surface area contributed by atoms with Gasteiger partial charge in [0.15, 0.2) is 11.5 Å². The lowest BCUT2D eigenvalue weighted by Crippen LogP contribution is -2.04. The van der Waals surface area contributed by atoms with Crippen LogP contribution in [0, 0.1) is 0 Å². The minimum atomic E-state index is 0.0903. The van der Waals surface area contributed by atoms with Crippen LogP contribution in [0.5, 0.6) is 5.75 Å². The molecule has 0 heterocycles. The highest BCUT2D eigenvalue weighted by Gasteiger charge is 2.10. The monoisotopic (exact) mass is 342 g/mol. The molecular weight excluding hydrogens is 331 g/mol. The highest BCUT2D eigenvalue weighted by atomic mass is 35.5. The van der Waals surface area contributed by atoms with Gasteiger partial charge in [-0.2, -0.15) is 0 Å². The number of hydrogen-bond acceptors (Lipinski definition) is 2. The molecule has 0 aliphatic rings. The number of carbonyl (C=O) groups is 1. The molecule has 21 heavy (non-hydrogen) atoms. The summed E-state index contributed by atoms with van der Waals surface area (Å²) in [7, 11) is 0. The van der Waals surface area contributed by atoms with Crippen molar-refractivity contribution in [2.75, 3.05) is 6.61 Å². The zero-order valence-corrected chi connectivity index (χ0v) is 13.4. The first-order valence-electron chi connectivity index (χ1n) is 6.43. The van der Waals surface area contributed by atoms with E-state index in [1.165, 1.54) is 0 Å². The molecular formula is C16H13Cl3O2. The van der Waals surface area contributed by atoms with Crippen LogP contribution in [0.1, 0.15) is 23.2 Å². The van der Waals surface area contributed by atoms with Gasteiger partial charge in [0, 0.05) is 17.0 Å². The van der Waals surface area contributed by atoms with Gasteiger partial charge in [-0.25, -0.2) is 0 Å². The third-order valence-electron chi connectivity index (χ3n) is 2.85. The van der Waals surface area contributed by atoms with Crippen LogP contribution in [0.4, 0.5) is 0 Å². The molecule has 5 heteroatoms. The first-order valence-corrected chi connectivity index (χ1v) is 7.57. The Bertz CT molecular complexity index is 604. The Balaban J connectivity index is 1.84. The summed E-state index contributed by atoms with van der Waals surface area (Å²) in [5, 5.41) is 1.18. The Morgan fingerprint density at radius 3 is 2.24 bits per heavy atom. The first kappa shape index (κ1) is 16.2. The number of Topliss-reactive ketones (excluding diaryl/α,β-unsaturated/α-hetero) is 1. The molecule has 0 amide bonds.